The average molecular weight is 501 g/mol. The second kappa shape index (κ2) is 8.25. The van der Waals surface area contributed by atoms with E-state index >= 15 is 0 Å². The molecule has 17 heteroatoms. The van der Waals surface area contributed by atoms with E-state index in [4.69, 9.17) is 0 Å². The molecule has 1 aliphatic heterocycles. The van der Waals surface area contributed by atoms with Crippen molar-refractivity contribution in [1.82, 2.24) is 10.6 Å². The van der Waals surface area contributed by atoms with Gasteiger partial charge in [-0.25, -0.2) is 18.6 Å². The van der Waals surface area contributed by atoms with Crippen molar-refractivity contribution in [3.63, 3.8) is 0 Å². The van der Waals surface area contributed by atoms with Crippen LogP contribution in [0.25, 0.3) is 0 Å². The van der Waals surface area contributed by atoms with Gasteiger partial charge in [-0.2, -0.15) is 39.5 Å². The number of amides is 3. The highest BCUT2D eigenvalue weighted by Gasteiger charge is 2.77. The fourth-order valence-corrected chi connectivity index (χ4v) is 3.42. The molecule has 0 radical (unpaired) electrons. The number of allylic oxidation sites excluding steroid dienone is 1. The molecule has 0 bridgehead atoms. The highest BCUT2D eigenvalue weighted by Crippen LogP contribution is 2.59. The van der Waals surface area contributed by atoms with E-state index in [1.165, 1.54) is 10.6 Å². The SMILES string of the molecule is O=C(NC(=O)c1ccccc1F)NC1=NC(C(F)(F)F)(C(F)(F)F)C(=C(F)C(F)(F)F)S1. The summed E-state index contributed by atoms with van der Waals surface area (Å²) in [7, 11) is 0. The first-order valence-corrected chi connectivity index (χ1v) is 8.49. The van der Waals surface area contributed by atoms with Crippen LogP contribution in [0.5, 0.6) is 0 Å². The second-order valence-electron chi connectivity index (χ2n) is 5.75. The van der Waals surface area contributed by atoms with Gasteiger partial charge in [-0.3, -0.25) is 15.4 Å². The lowest BCUT2D eigenvalue weighted by Crippen LogP contribution is -2.55. The van der Waals surface area contributed by atoms with Crippen molar-refractivity contribution in [2.45, 2.75) is 24.1 Å². The molecule has 1 aromatic rings. The maximum absolute atomic E-state index is 13.6. The van der Waals surface area contributed by atoms with Crippen LogP contribution in [0, 0.1) is 5.82 Å². The van der Waals surface area contributed by atoms with Crippen molar-refractivity contribution in [3.05, 3.63) is 46.4 Å². The fourth-order valence-electron chi connectivity index (χ4n) is 2.27. The van der Waals surface area contributed by atoms with Crippen molar-refractivity contribution in [2.24, 2.45) is 4.99 Å². The predicted octanol–water partition coefficient (Wildman–Crippen LogP) is 4.97. The van der Waals surface area contributed by atoms with Gasteiger partial charge in [0.1, 0.15) is 5.82 Å². The zero-order chi connectivity index (χ0) is 24.7. The van der Waals surface area contributed by atoms with Gasteiger partial charge < -0.3 is 0 Å². The number of halogens is 11. The largest absolute Gasteiger partial charge is 0.443 e. The van der Waals surface area contributed by atoms with E-state index in [-0.39, 0.29) is 0 Å². The van der Waals surface area contributed by atoms with Crippen LogP contribution in [-0.4, -0.2) is 41.2 Å². The van der Waals surface area contributed by atoms with Gasteiger partial charge in [0.05, 0.1) is 10.5 Å². The summed E-state index contributed by atoms with van der Waals surface area (Å²) in [5.41, 5.74) is -6.44. The van der Waals surface area contributed by atoms with Crippen LogP contribution < -0.4 is 10.6 Å². The number of thioether (sulfide) groups is 1. The van der Waals surface area contributed by atoms with Crippen LogP contribution in [0.3, 0.4) is 0 Å². The third-order valence-corrected chi connectivity index (χ3v) is 4.70. The number of nitrogens with zero attached hydrogens (tertiary/aromatic N) is 1. The van der Waals surface area contributed by atoms with E-state index in [0.717, 1.165) is 24.3 Å². The van der Waals surface area contributed by atoms with Gasteiger partial charge in [-0.15, -0.1) is 0 Å². The number of nitrogens with one attached hydrogen (secondary N) is 2. The summed E-state index contributed by atoms with van der Waals surface area (Å²) in [6.45, 7) is 0. The Morgan fingerprint density at radius 3 is 1.94 bits per heavy atom. The number of hydrogen-bond acceptors (Lipinski definition) is 4. The van der Waals surface area contributed by atoms with Crippen molar-refractivity contribution in [3.8, 4) is 0 Å². The van der Waals surface area contributed by atoms with E-state index in [2.05, 4.69) is 4.99 Å². The molecular formula is C15H6F11N3O2S. The summed E-state index contributed by atoms with van der Waals surface area (Å²) in [6, 6.07) is 2.05. The molecule has 1 aromatic carbocycles. The summed E-state index contributed by atoms with van der Waals surface area (Å²) < 4.78 is 144. The van der Waals surface area contributed by atoms with Crippen LogP contribution in [0.15, 0.2) is 40.0 Å². The molecule has 5 nitrogen and oxygen atoms in total. The maximum Gasteiger partial charge on any atom is 0.443 e. The summed E-state index contributed by atoms with van der Waals surface area (Å²) >= 11 is -1.10. The second-order valence-corrected chi connectivity index (χ2v) is 6.75. The molecule has 0 aliphatic carbocycles. The molecule has 1 aliphatic rings. The summed E-state index contributed by atoms with van der Waals surface area (Å²) in [4.78, 5) is 22.6. The Kier molecular flexibility index (Phi) is 6.55. The number of alkyl halides is 9. The molecule has 32 heavy (non-hydrogen) atoms. The molecule has 2 N–H and O–H groups in total. The quantitative estimate of drug-likeness (QED) is 0.534. The monoisotopic (exact) mass is 501 g/mol. The van der Waals surface area contributed by atoms with E-state index in [1.807, 2.05) is 0 Å². The minimum absolute atomic E-state index is 0.757. The maximum atomic E-state index is 13.6. The van der Waals surface area contributed by atoms with Crippen molar-refractivity contribution < 1.29 is 57.9 Å². The molecule has 0 spiro atoms. The number of amidine groups is 1. The number of carbonyl (C=O) groups is 2. The normalized spacial score (nSPS) is 18.2. The lowest BCUT2D eigenvalue weighted by atomic mass is 9.97. The van der Waals surface area contributed by atoms with Crippen LogP contribution in [0.4, 0.5) is 53.1 Å². The lowest BCUT2D eigenvalue weighted by Gasteiger charge is -2.31. The van der Waals surface area contributed by atoms with Crippen molar-refractivity contribution in [2.75, 3.05) is 0 Å². The van der Waals surface area contributed by atoms with Crippen LogP contribution in [0.1, 0.15) is 10.4 Å². The Morgan fingerprint density at radius 2 is 1.47 bits per heavy atom. The number of benzene rings is 1. The third-order valence-electron chi connectivity index (χ3n) is 3.63. The van der Waals surface area contributed by atoms with Gasteiger partial charge in [0.15, 0.2) is 5.17 Å². The number of carbonyl (C=O) groups excluding carboxylic acids is 2. The number of imide groups is 1. The standard InChI is InChI=1S/C15H6F11N3O2S/c16-6-4-2-1-3-5(6)9(30)27-10(31)28-11-29-12(14(21,22)23,15(24,25)26)8(32-11)7(17)13(18,19)20/h1-4H,(H2,27,28,29,30,31). The molecule has 0 unspecified atom stereocenters. The highest BCUT2D eigenvalue weighted by molar-refractivity contribution is 8.17. The molecule has 0 aromatic heterocycles. The molecule has 0 saturated heterocycles. The average Bonchev–Trinajstić information content (AvgIpc) is 3.00. The summed E-state index contributed by atoms with van der Waals surface area (Å²) in [6.07, 6.45) is -19.5. The molecule has 0 fully saturated rings. The number of urea groups is 1. The van der Waals surface area contributed by atoms with Gasteiger partial charge >= 0.3 is 24.6 Å². The number of rotatable bonds is 1. The molecule has 2 rings (SSSR count). The van der Waals surface area contributed by atoms with Gasteiger partial charge in [-0.1, -0.05) is 23.9 Å². The van der Waals surface area contributed by atoms with Gasteiger partial charge in [-0.05, 0) is 12.1 Å². The topological polar surface area (TPSA) is 70.6 Å². The first-order chi connectivity index (χ1) is 14.4. The molecule has 0 saturated carbocycles. The minimum atomic E-state index is -6.61. The molecule has 3 amide bonds. The Balaban J connectivity index is 2.44. The van der Waals surface area contributed by atoms with Crippen LogP contribution in [0.2, 0.25) is 0 Å². The van der Waals surface area contributed by atoms with Crippen molar-refractivity contribution >= 4 is 28.9 Å². The van der Waals surface area contributed by atoms with Gasteiger partial charge in [0.25, 0.3) is 11.4 Å². The Hall–Kier alpha value is -2.85. The Bertz CT molecular complexity index is 982. The summed E-state index contributed by atoms with van der Waals surface area (Å²) in [5.74, 6) is -6.39. The van der Waals surface area contributed by atoms with Gasteiger partial charge in [0.2, 0.25) is 5.83 Å². The molecular weight excluding hydrogens is 495 g/mol. The first kappa shape index (κ1) is 25.4. The fraction of sp³-hybridized carbons (Fsp3) is 0.267. The van der Waals surface area contributed by atoms with Crippen molar-refractivity contribution in [1.29, 1.82) is 0 Å². The van der Waals surface area contributed by atoms with E-state index in [1.54, 1.807) is 0 Å². The minimum Gasteiger partial charge on any atom is -0.286 e. The zero-order valence-corrected chi connectivity index (χ0v) is 15.5. The zero-order valence-electron chi connectivity index (χ0n) is 14.6. The van der Waals surface area contributed by atoms with E-state index in [0.29, 0.717) is 0 Å². The third kappa shape index (κ3) is 4.66. The molecule has 0 atom stereocenters. The smallest absolute Gasteiger partial charge is 0.286 e. The highest BCUT2D eigenvalue weighted by atomic mass is 32.2. The van der Waals surface area contributed by atoms with E-state index in [9.17, 15) is 57.9 Å². The first-order valence-electron chi connectivity index (χ1n) is 7.67. The molecule has 176 valence electrons. The lowest BCUT2D eigenvalue weighted by molar-refractivity contribution is -0.280. The van der Waals surface area contributed by atoms with E-state index < -0.39 is 75.0 Å². The Labute approximate surface area is 173 Å². The summed E-state index contributed by atoms with van der Waals surface area (Å²) in [5, 5.41) is 0.755. The van der Waals surface area contributed by atoms with Crippen LogP contribution >= 0.6 is 11.8 Å². The van der Waals surface area contributed by atoms with Gasteiger partial charge in [0, 0.05) is 0 Å². The molecule has 1 heterocycles. The Morgan fingerprint density at radius 1 is 0.938 bits per heavy atom. The van der Waals surface area contributed by atoms with Crippen LogP contribution in [-0.2, 0) is 0 Å². The number of aliphatic imine (C=N–C) groups is 1. The predicted molar refractivity (Wildman–Crippen MR) is 86.5 cm³/mol. The number of hydrogen-bond donors (Lipinski definition) is 2.